The minimum Gasteiger partial charge on any atom is -0.364 e. The van der Waals surface area contributed by atoms with Gasteiger partial charge in [0.1, 0.15) is 11.4 Å². The van der Waals surface area contributed by atoms with E-state index in [4.69, 9.17) is 4.74 Å². The molecule has 16 heteroatoms. The third kappa shape index (κ3) is 7.11. The standard InChI is InChI=1S/C28H29F6N5O5/c29-27(30,31)19-16-20(39(42)43)21-23(40)37-38-24(41)26(28(32,33)34,44-17-18-10-4-1-5-11-18)15-9-3-8-14-25(36-22(19)35-21)12-6-2-7-13-25/h1,3-5,8,10-11,16H,2,6-7,9,12-15,17H2,(H,35,36)(H,37,40)(H,38,41)/b8-3-/t26-/m1/s1. The SMILES string of the molecule is O=C1NNC(=O)[C@@](OCc2ccccc2)(C(F)(F)F)CC/C=C\CC2(CCCCC2)Nc2nc1c([N+](=O)[O-])cc2C(F)(F)F. The summed E-state index contributed by atoms with van der Waals surface area (Å²) in [6.07, 6.45) is -5.92. The average molecular weight is 630 g/mol. The summed E-state index contributed by atoms with van der Waals surface area (Å²) in [4.78, 5) is 40.3. The first-order valence-electron chi connectivity index (χ1n) is 13.7. The average Bonchev–Trinajstić information content (AvgIpc) is 2.96. The number of ether oxygens (including phenoxy) is 1. The van der Waals surface area contributed by atoms with Crippen molar-refractivity contribution < 1.29 is 45.6 Å². The molecule has 238 valence electrons. The summed E-state index contributed by atoms with van der Waals surface area (Å²) in [5.41, 5.74) is -4.95. The molecule has 4 rings (SSSR count). The molecule has 3 N–H and O–H groups in total. The third-order valence-electron chi connectivity index (χ3n) is 7.69. The van der Waals surface area contributed by atoms with Crippen LogP contribution in [-0.2, 0) is 22.3 Å². The molecular formula is C28H29F6N5O5. The van der Waals surface area contributed by atoms with Gasteiger partial charge in [0.2, 0.25) is 11.3 Å². The highest BCUT2D eigenvalue weighted by atomic mass is 19.4. The van der Waals surface area contributed by atoms with Gasteiger partial charge in [-0.1, -0.05) is 61.7 Å². The van der Waals surface area contributed by atoms with Gasteiger partial charge in [0.05, 0.1) is 11.5 Å². The second-order valence-corrected chi connectivity index (χ2v) is 10.7. The first-order valence-corrected chi connectivity index (χ1v) is 13.7. The van der Waals surface area contributed by atoms with Crippen LogP contribution in [-0.4, -0.2) is 39.0 Å². The van der Waals surface area contributed by atoms with Crippen LogP contribution in [0.4, 0.5) is 37.8 Å². The fraction of sp³-hybridized carbons (Fsp3) is 0.464. The first kappa shape index (κ1) is 32.7. The van der Waals surface area contributed by atoms with Gasteiger partial charge < -0.3 is 10.1 Å². The molecule has 44 heavy (non-hydrogen) atoms. The molecule has 10 nitrogen and oxygen atoms in total. The predicted molar refractivity (Wildman–Crippen MR) is 144 cm³/mol. The summed E-state index contributed by atoms with van der Waals surface area (Å²) in [6, 6.07) is 7.87. The number of amides is 2. The van der Waals surface area contributed by atoms with Crippen molar-refractivity contribution in [1.29, 1.82) is 0 Å². The van der Waals surface area contributed by atoms with Crippen molar-refractivity contribution in [2.24, 2.45) is 0 Å². The van der Waals surface area contributed by atoms with Crippen molar-refractivity contribution in [1.82, 2.24) is 15.8 Å². The van der Waals surface area contributed by atoms with Crippen molar-refractivity contribution in [2.45, 2.75) is 81.5 Å². The lowest BCUT2D eigenvalue weighted by Crippen LogP contribution is -2.61. The largest absolute Gasteiger partial charge is 0.426 e. The smallest absolute Gasteiger partial charge is 0.364 e. The Bertz CT molecular complexity index is 1410. The number of nitrogens with one attached hydrogen (secondary N) is 3. The van der Waals surface area contributed by atoms with Gasteiger partial charge in [-0.3, -0.25) is 30.6 Å². The molecule has 1 aliphatic carbocycles. The van der Waals surface area contributed by atoms with Crippen LogP contribution in [0.5, 0.6) is 0 Å². The van der Waals surface area contributed by atoms with E-state index in [1.54, 1.807) is 29.1 Å². The van der Waals surface area contributed by atoms with Crippen LogP contribution < -0.4 is 16.2 Å². The molecule has 1 aromatic heterocycles. The summed E-state index contributed by atoms with van der Waals surface area (Å²) in [5.74, 6) is -4.29. The van der Waals surface area contributed by atoms with Crippen molar-refractivity contribution >= 4 is 23.3 Å². The Hall–Kier alpha value is -4.21. The molecule has 1 saturated carbocycles. The number of benzene rings is 1. The number of nitro groups is 1. The Balaban J connectivity index is 1.81. The molecule has 1 aliphatic heterocycles. The minimum absolute atomic E-state index is 0.0700. The second kappa shape index (κ2) is 12.8. The Morgan fingerprint density at radius 3 is 2.25 bits per heavy atom. The summed E-state index contributed by atoms with van der Waals surface area (Å²) in [6.45, 7) is -0.631. The number of pyridine rings is 1. The highest BCUT2D eigenvalue weighted by Gasteiger charge is 2.61. The fourth-order valence-corrected chi connectivity index (χ4v) is 5.35. The Morgan fingerprint density at radius 2 is 1.64 bits per heavy atom. The topological polar surface area (TPSA) is 135 Å². The van der Waals surface area contributed by atoms with Crippen LogP contribution >= 0.6 is 0 Å². The second-order valence-electron chi connectivity index (χ2n) is 10.7. The fourth-order valence-electron chi connectivity index (χ4n) is 5.35. The summed E-state index contributed by atoms with van der Waals surface area (Å²) < 4.78 is 91.3. The molecule has 2 heterocycles. The maximum atomic E-state index is 14.6. The van der Waals surface area contributed by atoms with E-state index in [1.807, 2.05) is 0 Å². The van der Waals surface area contributed by atoms with Crippen LogP contribution in [0.2, 0.25) is 0 Å². The monoisotopic (exact) mass is 629 g/mol. The van der Waals surface area contributed by atoms with Gasteiger partial charge in [-0.05, 0) is 37.7 Å². The van der Waals surface area contributed by atoms with Crippen LogP contribution in [0.3, 0.4) is 0 Å². The molecule has 2 amide bonds. The van der Waals surface area contributed by atoms with Gasteiger partial charge in [0.15, 0.2) is 0 Å². The first-order chi connectivity index (χ1) is 20.7. The van der Waals surface area contributed by atoms with Gasteiger partial charge >= 0.3 is 18.0 Å². The maximum Gasteiger partial charge on any atom is 0.426 e. The molecular weight excluding hydrogens is 600 g/mol. The van der Waals surface area contributed by atoms with E-state index in [9.17, 15) is 46.0 Å². The molecule has 1 aromatic carbocycles. The number of anilines is 1. The van der Waals surface area contributed by atoms with E-state index < -0.39 is 76.0 Å². The Labute approximate surface area is 247 Å². The van der Waals surface area contributed by atoms with Crippen molar-refractivity contribution in [2.75, 3.05) is 5.32 Å². The number of halogens is 6. The zero-order chi connectivity index (χ0) is 32.2. The third-order valence-corrected chi connectivity index (χ3v) is 7.69. The van der Waals surface area contributed by atoms with Crippen LogP contribution in [0.15, 0.2) is 48.6 Å². The number of fused-ring (bicyclic) bond motifs is 2. The number of nitrogens with zero attached hydrogens (tertiary/aromatic N) is 2. The summed E-state index contributed by atoms with van der Waals surface area (Å²) in [7, 11) is 0. The van der Waals surface area contributed by atoms with E-state index in [1.165, 1.54) is 24.3 Å². The predicted octanol–water partition coefficient (Wildman–Crippen LogP) is 6.14. The van der Waals surface area contributed by atoms with E-state index in [2.05, 4.69) is 10.3 Å². The van der Waals surface area contributed by atoms with E-state index in [0.29, 0.717) is 31.2 Å². The van der Waals surface area contributed by atoms with E-state index in [0.717, 1.165) is 6.42 Å². The van der Waals surface area contributed by atoms with Gasteiger partial charge in [0, 0.05) is 11.6 Å². The highest BCUT2D eigenvalue weighted by Crippen LogP contribution is 2.42. The zero-order valence-electron chi connectivity index (χ0n) is 23.2. The number of alkyl halides is 6. The number of carbonyl (C=O) groups is 2. The van der Waals surface area contributed by atoms with Gasteiger partial charge in [0.25, 0.3) is 11.8 Å². The molecule has 2 aliphatic rings. The lowest BCUT2D eigenvalue weighted by molar-refractivity contribution is -0.385. The molecule has 1 fully saturated rings. The van der Waals surface area contributed by atoms with Crippen LogP contribution in [0, 0.1) is 10.1 Å². The van der Waals surface area contributed by atoms with Crippen molar-refractivity contribution in [3.63, 3.8) is 0 Å². The molecule has 2 bridgehead atoms. The maximum absolute atomic E-state index is 14.6. The summed E-state index contributed by atoms with van der Waals surface area (Å²) in [5, 5.41) is 14.5. The number of hydrazine groups is 1. The molecule has 0 radical (unpaired) electrons. The van der Waals surface area contributed by atoms with Gasteiger partial charge in [-0.2, -0.15) is 26.3 Å². The number of rotatable bonds is 4. The number of carbonyl (C=O) groups excluding carboxylic acids is 2. The van der Waals surface area contributed by atoms with E-state index >= 15 is 0 Å². The number of allylic oxidation sites excluding steroid dienone is 1. The molecule has 1 spiro atoms. The minimum atomic E-state index is -5.30. The molecule has 0 saturated heterocycles. The van der Waals surface area contributed by atoms with Crippen LogP contribution in [0.25, 0.3) is 0 Å². The highest BCUT2D eigenvalue weighted by molar-refractivity contribution is 5.98. The number of hydrogen-bond donors (Lipinski definition) is 3. The lowest BCUT2D eigenvalue weighted by Gasteiger charge is -2.38. The summed E-state index contributed by atoms with van der Waals surface area (Å²) >= 11 is 0. The zero-order valence-corrected chi connectivity index (χ0v) is 23.2. The molecule has 2 aromatic rings. The van der Waals surface area contributed by atoms with Gasteiger partial charge in [-0.15, -0.1) is 0 Å². The molecule has 1 atom stereocenters. The number of aromatic nitrogens is 1. The Morgan fingerprint density at radius 1 is 0.955 bits per heavy atom. The van der Waals surface area contributed by atoms with Crippen LogP contribution in [0.1, 0.15) is 73.0 Å². The normalized spacial score (nSPS) is 22.1. The quantitative estimate of drug-likeness (QED) is 0.160. The van der Waals surface area contributed by atoms with Gasteiger partial charge in [-0.25, -0.2) is 4.98 Å². The number of hydrogen-bond acceptors (Lipinski definition) is 7. The van der Waals surface area contributed by atoms with E-state index in [-0.39, 0.29) is 18.9 Å². The Kier molecular flexibility index (Phi) is 9.51. The van der Waals surface area contributed by atoms with Crippen molar-refractivity contribution in [3.05, 3.63) is 75.5 Å². The lowest BCUT2D eigenvalue weighted by atomic mass is 9.79. The van der Waals surface area contributed by atoms with Crippen molar-refractivity contribution in [3.8, 4) is 0 Å². The molecule has 0 unspecified atom stereocenters.